The predicted molar refractivity (Wildman–Crippen MR) is 40.0 cm³/mol. The number of rotatable bonds is 0. The fraction of sp³-hybridized carbons (Fsp3) is 0. The van der Waals surface area contributed by atoms with E-state index in [0.717, 1.165) is 0 Å². The molecule has 0 N–H and O–H groups in total. The molecule has 0 atom stereocenters. The van der Waals surface area contributed by atoms with Crippen LogP contribution in [0.5, 0.6) is 0 Å². The van der Waals surface area contributed by atoms with E-state index < -0.39 is 0 Å². The van der Waals surface area contributed by atoms with Crippen molar-refractivity contribution in [3.63, 3.8) is 0 Å². The van der Waals surface area contributed by atoms with E-state index in [9.17, 15) is 0 Å². The maximum atomic E-state index is 2.26. The molecule has 0 spiro atoms. The van der Waals surface area contributed by atoms with E-state index >= 15 is 0 Å². The maximum absolute atomic E-state index is 2.26. The predicted octanol–water partition coefficient (Wildman–Crippen LogP) is 0.691. The van der Waals surface area contributed by atoms with Gasteiger partial charge in [0.25, 0.3) is 0 Å². The van der Waals surface area contributed by atoms with Crippen LogP contribution in [0.2, 0.25) is 0 Å². The molecule has 1 nitrogen and oxygen atoms in total. The van der Waals surface area contributed by atoms with Crippen LogP contribution in [0, 0.1) is 0 Å². The Morgan fingerprint density at radius 3 is 3.11 bits per heavy atom. The molecule has 2 heteroatoms. The molecular weight excluding hydrogens is 173 g/mol. The minimum atomic E-state index is 0.335. The molecule has 0 aromatic heterocycles. The molecule has 9 heavy (non-hydrogen) atoms. The van der Waals surface area contributed by atoms with Gasteiger partial charge in [-0.15, -0.1) is 0 Å². The molecule has 0 aromatic rings. The zero-order chi connectivity index (χ0) is 6.10. The average molecular weight is 179 g/mol. The van der Waals surface area contributed by atoms with Crippen molar-refractivity contribution in [1.82, 2.24) is 4.90 Å². The second-order valence-corrected chi connectivity index (χ2v) is 4.02. The normalized spacial score (nSPS) is 22.2. The summed E-state index contributed by atoms with van der Waals surface area (Å²) in [5.74, 6) is 0. The minimum absolute atomic E-state index is 0.335. The van der Waals surface area contributed by atoms with Crippen LogP contribution < -0.4 is 0 Å². The van der Waals surface area contributed by atoms with Gasteiger partial charge in [-0.2, -0.15) is 0 Å². The van der Waals surface area contributed by atoms with Crippen LogP contribution in [-0.4, -0.2) is 24.6 Å². The second kappa shape index (κ2) is 2.00. The van der Waals surface area contributed by atoms with Crippen molar-refractivity contribution < 1.29 is 0 Å². The van der Waals surface area contributed by atoms with Gasteiger partial charge in [0.15, 0.2) is 0 Å². The van der Waals surface area contributed by atoms with Crippen molar-refractivity contribution in [3.8, 4) is 0 Å². The van der Waals surface area contributed by atoms with Crippen LogP contribution in [0.4, 0.5) is 0 Å². The van der Waals surface area contributed by atoms with Crippen LogP contribution in [-0.2, 0) is 0 Å². The second-order valence-electron chi connectivity index (χ2n) is 1.89. The Labute approximate surface area is 60.6 Å². The summed E-state index contributed by atoms with van der Waals surface area (Å²) >= 11 is 0.335. The number of hydrogen-bond donors (Lipinski definition) is 0. The van der Waals surface area contributed by atoms with Crippen molar-refractivity contribution in [2.75, 3.05) is 0 Å². The first kappa shape index (κ1) is 5.25. The Bertz CT molecular complexity index is 235. The van der Waals surface area contributed by atoms with E-state index in [1.165, 1.54) is 4.43 Å². The molecule has 2 rings (SSSR count). The Balaban J connectivity index is 2.40. The van der Waals surface area contributed by atoms with E-state index in [-0.39, 0.29) is 0 Å². The van der Waals surface area contributed by atoms with Gasteiger partial charge >= 0.3 is 60.1 Å². The Morgan fingerprint density at radius 2 is 2.22 bits per heavy atom. The molecule has 0 radical (unpaired) electrons. The van der Waals surface area contributed by atoms with Crippen molar-refractivity contribution >= 4 is 19.7 Å². The summed E-state index contributed by atoms with van der Waals surface area (Å²) in [6, 6.07) is 0. The van der Waals surface area contributed by atoms with E-state index in [1.54, 1.807) is 0 Å². The summed E-state index contributed by atoms with van der Waals surface area (Å²) in [7, 11) is 0. The van der Waals surface area contributed by atoms with E-state index in [1.807, 2.05) is 0 Å². The van der Waals surface area contributed by atoms with Gasteiger partial charge in [0.2, 0.25) is 0 Å². The van der Waals surface area contributed by atoms with Gasteiger partial charge in [0, 0.05) is 0 Å². The Kier molecular flexibility index (Phi) is 1.17. The van der Waals surface area contributed by atoms with Crippen molar-refractivity contribution in [3.05, 3.63) is 35.5 Å². The molecule has 0 unspecified atom stereocenters. The third kappa shape index (κ3) is 0.817. The number of nitrogens with zero attached hydrogens (tertiary/aromatic N) is 1. The summed E-state index contributed by atoms with van der Waals surface area (Å²) in [5, 5.41) is 0. The summed E-state index contributed by atoms with van der Waals surface area (Å²) in [6.07, 6.45) is 10.6. The van der Waals surface area contributed by atoms with Gasteiger partial charge in [0.05, 0.1) is 0 Å². The van der Waals surface area contributed by atoms with Crippen LogP contribution >= 0.6 is 0 Å². The monoisotopic (exact) mass is 179 g/mol. The molecule has 0 fully saturated rings. The fourth-order valence-electron chi connectivity index (χ4n) is 0.864. The van der Waals surface area contributed by atoms with Crippen LogP contribution in [0.1, 0.15) is 0 Å². The first-order valence-electron chi connectivity index (χ1n) is 2.84. The quantitative estimate of drug-likeness (QED) is 0.494. The molecule has 0 aromatic carbocycles. The van der Waals surface area contributed by atoms with Gasteiger partial charge in [-0.25, -0.2) is 0 Å². The Hall–Kier alpha value is -0.552. The standard InChI is InChI=1S/C7H6AsN/c1-2-5-9-6-4-8-7(9)3-1/h1-6H. The SMILES string of the molecule is C1=CC2=[As]C=CN2C=C1. The molecular formula is C7H6AsN. The average Bonchev–Trinajstić information content (AvgIpc) is 2.33. The van der Waals surface area contributed by atoms with Gasteiger partial charge in [-0.3, -0.25) is 0 Å². The molecule has 2 heterocycles. The summed E-state index contributed by atoms with van der Waals surface area (Å²) in [5.41, 5.74) is 0. The molecule has 0 saturated heterocycles. The van der Waals surface area contributed by atoms with Crippen molar-refractivity contribution in [2.24, 2.45) is 0 Å². The van der Waals surface area contributed by atoms with E-state index in [0.29, 0.717) is 15.3 Å². The molecule has 44 valence electrons. The molecule has 0 amide bonds. The van der Waals surface area contributed by atoms with Crippen LogP contribution in [0.3, 0.4) is 0 Å². The molecule has 0 aliphatic carbocycles. The summed E-state index contributed by atoms with van der Waals surface area (Å²) in [6.45, 7) is 0. The zero-order valence-corrected chi connectivity index (χ0v) is 6.74. The first-order chi connectivity index (χ1) is 4.47. The fourth-order valence-corrected chi connectivity index (χ4v) is 2.55. The van der Waals surface area contributed by atoms with Gasteiger partial charge in [-0.1, -0.05) is 0 Å². The van der Waals surface area contributed by atoms with Crippen molar-refractivity contribution in [1.29, 1.82) is 0 Å². The third-order valence-corrected chi connectivity index (χ3v) is 3.25. The van der Waals surface area contributed by atoms with Gasteiger partial charge in [-0.05, 0) is 0 Å². The first-order valence-corrected chi connectivity index (χ1v) is 4.87. The summed E-state index contributed by atoms with van der Waals surface area (Å²) in [4.78, 5) is 4.44. The van der Waals surface area contributed by atoms with E-state index in [4.69, 9.17) is 0 Å². The Morgan fingerprint density at radius 1 is 1.22 bits per heavy atom. The van der Waals surface area contributed by atoms with Gasteiger partial charge < -0.3 is 0 Å². The summed E-state index contributed by atoms with van der Waals surface area (Å²) < 4.78 is 1.47. The molecule has 2 aliphatic heterocycles. The molecule has 2 aliphatic rings. The van der Waals surface area contributed by atoms with Crippen molar-refractivity contribution in [2.45, 2.75) is 0 Å². The number of fused-ring (bicyclic) bond motifs is 1. The topological polar surface area (TPSA) is 3.24 Å². The van der Waals surface area contributed by atoms with E-state index in [2.05, 4.69) is 40.4 Å². The number of hydrogen-bond acceptors (Lipinski definition) is 1. The number of allylic oxidation sites excluding steroid dienone is 2. The molecule has 0 bridgehead atoms. The zero-order valence-electron chi connectivity index (χ0n) is 4.86. The molecule has 0 saturated carbocycles. The van der Waals surface area contributed by atoms with Crippen LogP contribution in [0.15, 0.2) is 35.5 Å². The van der Waals surface area contributed by atoms with Crippen LogP contribution in [0.25, 0.3) is 0 Å². The van der Waals surface area contributed by atoms with Gasteiger partial charge in [0.1, 0.15) is 0 Å². The third-order valence-electron chi connectivity index (χ3n) is 1.30.